The van der Waals surface area contributed by atoms with Crippen LogP contribution in [0.25, 0.3) is 11.8 Å². The molecular formula is C21H14ClN3O2S. The SMILES string of the molecule is O=C1NC(=S)N(c2ccc(Cl)cc2)C(=O)/C1=C\c1cccn1-c1ccccc1. The number of hydrogen-bond acceptors (Lipinski definition) is 3. The fourth-order valence-corrected chi connectivity index (χ4v) is 3.37. The summed E-state index contributed by atoms with van der Waals surface area (Å²) in [5.74, 6) is -1.02. The molecule has 28 heavy (non-hydrogen) atoms. The first-order valence-corrected chi connectivity index (χ1v) is 9.23. The predicted molar refractivity (Wildman–Crippen MR) is 113 cm³/mol. The second kappa shape index (κ2) is 7.42. The summed E-state index contributed by atoms with van der Waals surface area (Å²) in [6.45, 7) is 0. The summed E-state index contributed by atoms with van der Waals surface area (Å²) < 4.78 is 1.90. The topological polar surface area (TPSA) is 54.3 Å². The molecule has 7 heteroatoms. The minimum absolute atomic E-state index is 0.000527. The van der Waals surface area contributed by atoms with Crippen molar-refractivity contribution in [3.05, 3.63) is 89.2 Å². The van der Waals surface area contributed by atoms with E-state index in [-0.39, 0.29) is 10.7 Å². The number of para-hydroxylation sites is 1. The number of hydrogen-bond donors (Lipinski definition) is 1. The molecule has 1 aromatic heterocycles. The van der Waals surface area contributed by atoms with Crippen LogP contribution in [0.4, 0.5) is 5.69 Å². The van der Waals surface area contributed by atoms with Gasteiger partial charge in [0.05, 0.1) is 5.69 Å². The van der Waals surface area contributed by atoms with Crippen molar-refractivity contribution in [2.24, 2.45) is 0 Å². The molecule has 0 spiro atoms. The number of halogens is 1. The number of aromatic nitrogens is 1. The van der Waals surface area contributed by atoms with E-state index >= 15 is 0 Å². The second-order valence-electron chi connectivity index (χ2n) is 6.07. The highest BCUT2D eigenvalue weighted by Gasteiger charge is 2.34. The summed E-state index contributed by atoms with van der Waals surface area (Å²) in [6.07, 6.45) is 3.43. The average molecular weight is 408 g/mol. The van der Waals surface area contributed by atoms with Gasteiger partial charge in [-0.15, -0.1) is 0 Å². The van der Waals surface area contributed by atoms with Crippen LogP contribution in [0.2, 0.25) is 5.02 Å². The van der Waals surface area contributed by atoms with Crippen molar-refractivity contribution in [3.63, 3.8) is 0 Å². The van der Waals surface area contributed by atoms with Gasteiger partial charge in [-0.2, -0.15) is 0 Å². The molecule has 2 aromatic carbocycles. The van der Waals surface area contributed by atoms with E-state index in [0.717, 1.165) is 5.69 Å². The van der Waals surface area contributed by atoms with Gasteiger partial charge in [-0.25, -0.2) is 0 Å². The summed E-state index contributed by atoms with van der Waals surface area (Å²) in [5.41, 5.74) is 2.16. The highest BCUT2D eigenvalue weighted by Crippen LogP contribution is 2.24. The smallest absolute Gasteiger partial charge is 0.270 e. The zero-order chi connectivity index (χ0) is 19.7. The van der Waals surface area contributed by atoms with E-state index in [1.807, 2.05) is 53.2 Å². The maximum atomic E-state index is 13.1. The fourth-order valence-electron chi connectivity index (χ4n) is 2.97. The van der Waals surface area contributed by atoms with Gasteiger partial charge in [-0.05, 0) is 66.8 Å². The third kappa shape index (κ3) is 3.35. The Morgan fingerprint density at radius 1 is 0.893 bits per heavy atom. The molecule has 0 saturated carbocycles. The van der Waals surface area contributed by atoms with Crippen molar-refractivity contribution in [1.82, 2.24) is 9.88 Å². The van der Waals surface area contributed by atoms with Gasteiger partial charge in [-0.3, -0.25) is 19.8 Å². The molecule has 1 fully saturated rings. The first-order chi connectivity index (χ1) is 13.5. The van der Waals surface area contributed by atoms with Gasteiger partial charge < -0.3 is 4.57 Å². The van der Waals surface area contributed by atoms with Crippen LogP contribution < -0.4 is 10.2 Å². The molecule has 0 aliphatic carbocycles. The van der Waals surface area contributed by atoms with Crippen LogP contribution in [0, 0.1) is 0 Å². The maximum Gasteiger partial charge on any atom is 0.270 e. The summed E-state index contributed by atoms with van der Waals surface area (Å²) >= 11 is 11.1. The van der Waals surface area contributed by atoms with E-state index in [0.29, 0.717) is 16.4 Å². The van der Waals surface area contributed by atoms with Crippen LogP contribution in [0.3, 0.4) is 0 Å². The molecule has 0 unspecified atom stereocenters. The first kappa shape index (κ1) is 18.2. The van der Waals surface area contributed by atoms with Crippen molar-refractivity contribution < 1.29 is 9.59 Å². The van der Waals surface area contributed by atoms with Crippen LogP contribution in [0.5, 0.6) is 0 Å². The Hall–Kier alpha value is -3.22. The molecule has 2 amide bonds. The summed E-state index contributed by atoms with van der Waals surface area (Å²) in [7, 11) is 0. The summed E-state index contributed by atoms with van der Waals surface area (Å²) in [5, 5.41) is 3.16. The third-order valence-electron chi connectivity index (χ3n) is 4.29. The van der Waals surface area contributed by atoms with Crippen LogP contribution in [-0.4, -0.2) is 21.5 Å². The van der Waals surface area contributed by atoms with Crippen molar-refractivity contribution >= 4 is 52.5 Å². The maximum absolute atomic E-state index is 13.1. The lowest BCUT2D eigenvalue weighted by Gasteiger charge is -2.29. The van der Waals surface area contributed by atoms with E-state index < -0.39 is 11.8 Å². The quantitative estimate of drug-likeness (QED) is 0.406. The lowest BCUT2D eigenvalue weighted by atomic mass is 10.1. The third-order valence-corrected chi connectivity index (χ3v) is 4.83. The lowest BCUT2D eigenvalue weighted by Crippen LogP contribution is -2.54. The molecule has 0 radical (unpaired) electrons. The Balaban J connectivity index is 1.74. The van der Waals surface area contributed by atoms with Gasteiger partial charge >= 0.3 is 0 Å². The minimum Gasteiger partial charge on any atom is -0.317 e. The van der Waals surface area contributed by atoms with E-state index in [4.69, 9.17) is 23.8 Å². The molecule has 4 rings (SSSR count). The largest absolute Gasteiger partial charge is 0.317 e. The van der Waals surface area contributed by atoms with Gasteiger partial charge in [0.2, 0.25) is 0 Å². The molecule has 1 aliphatic rings. The second-order valence-corrected chi connectivity index (χ2v) is 6.90. The normalized spacial score (nSPS) is 15.8. The number of nitrogens with zero attached hydrogens (tertiary/aromatic N) is 2. The van der Waals surface area contributed by atoms with Gasteiger partial charge in [-0.1, -0.05) is 29.8 Å². The standard InChI is InChI=1S/C21H14ClN3O2S/c22-14-8-10-16(11-9-14)25-20(27)18(19(26)23-21(25)28)13-17-7-4-12-24(17)15-5-2-1-3-6-15/h1-13H,(H,23,26,28)/b18-13-. The molecule has 0 bridgehead atoms. The molecule has 2 heterocycles. The average Bonchev–Trinajstić information content (AvgIpc) is 3.15. The van der Waals surface area contributed by atoms with E-state index in [9.17, 15) is 9.59 Å². The fraction of sp³-hybridized carbons (Fsp3) is 0. The predicted octanol–water partition coefficient (Wildman–Crippen LogP) is 3.96. The molecular weight excluding hydrogens is 394 g/mol. The van der Waals surface area contributed by atoms with Crippen LogP contribution in [0.1, 0.15) is 5.69 Å². The molecule has 3 aromatic rings. The zero-order valence-electron chi connectivity index (χ0n) is 14.5. The molecule has 5 nitrogen and oxygen atoms in total. The number of carbonyl (C=O) groups excluding carboxylic acids is 2. The van der Waals surface area contributed by atoms with Crippen molar-refractivity contribution in [2.45, 2.75) is 0 Å². The van der Waals surface area contributed by atoms with E-state index in [2.05, 4.69) is 5.32 Å². The van der Waals surface area contributed by atoms with E-state index in [1.165, 1.54) is 4.90 Å². The number of benzene rings is 2. The van der Waals surface area contributed by atoms with Crippen LogP contribution in [-0.2, 0) is 9.59 Å². The van der Waals surface area contributed by atoms with Crippen LogP contribution in [0.15, 0.2) is 78.5 Å². The number of thiocarbonyl (C=S) groups is 1. The van der Waals surface area contributed by atoms with Crippen molar-refractivity contribution in [2.75, 3.05) is 4.90 Å². The van der Waals surface area contributed by atoms with Gasteiger partial charge in [0, 0.05) is 22.6 Å². The van der Waals surface area contributed by atoms with Crippen molar-refractivity contribution in [3.8, 4) is 5.69 Å². The van der Waals surface area contributed by atoms with E-state index in [1.54, 1.807) is 30.3 Å². The molecule has 1 N–H and O–H groups in total. The highest BCUT2D eigenvalue weighted by atomic mass is 35.5. The Morgan fingerprint density at radius 3 is 2.32 bits per heavy atom. The Labute approximate surface area is 171 Å². The number of nitrogens with one attached hydrogen (secondary N) is 1. The Morgan fingerprint density at radius 2 is 1.61 bits per heavy atom. The molecule has 138 valence electrons. The highest BCUT2D eigenvalue weighted by molar-refractivity contribution is 7.80. The lowest BCUT2D eigenvalue weighted by molar-refractivity contribution is -0.122. The summed E-state index contributed by atoms with van der Waals surface area (Å²) in [6, 6.07) is 20.0. The Kier molecular flexibility index (Phi) is 4.81. The van der Waals surface area contributed by atoms with Crippen LogP contribution >= 0.6 is 23.8 Å². The van der Waals surface area contributed by atoms with Gasteiger partial charge in [0.25, 0.3) is 11.8 Å². The minimum atomic E-state index is -0.527. The van der Waals surface area contributed by atoms with Gasteiger partial charge in [0.1, 0.15) is 5.57 Å². The molecule has 1 saturated heterocycles. The van der Waals surface area contributed by atoms with Crippen molar-refractivity contribution in [1.29, 1.82) is 0 Å². The number of anilines is 1. The number of carbonyl (C=O) groups is 2. The molecule has 1 aliphatic heterocycles. The Bertz CT molecular complexity index is 1100. The zero-order valence-corrected chi connectivity index (χ0v) is 16.1. The first-order valence-electron chi connectivity index (χ1n) is 8.44. The number of rotatable bonds is 3. The van der Waals surface area contributed by atoms with Gasteiger partial charge in [0.15, 0.2) is 5.11 Å². The monoisotopic (exact) mass is 407 g/mol. The molecule has 0 atom stereocenters. The number of amides is 2. The summed E-state index contributed by atoms with van der Waals surface area (Å²) in [4.78, 5) is 26.8.